The Bertz CT molecular complexity index is 1350. The van der Waals surface area contributed by atoms with Crippen molar-refractivity contribution in [3.8, 4) is 11.1 Å². The average Bonchev–Trinajstić information content (AvgIpc) is 3.54. The number of rotatable bonds is 3. The van der Waals surface area contributed by atoms with Gasteiger partial charge in [0.15, 0.2) is 0 Å². The third kappa shape index (κ3) is 8.95. The van der Waals surface area contributed by atoms with Crippen molar-refractivity contribution in [2.45, 2.75) is 106 Å². The Morgan fingerprint density at radius 1 is 0.786 bits per heavy atom. The zero-order valence-corrected chi connectivity index (χ0v) is 30.6. The van der Waals surface area contributed by atoms with E-state index < -0.39 is 0 Å². The fourth-order valence-electron chi connectivity index (χ4n) is 5.39. The molecule has 2 aliphatic carbocycles. The first-order valence-corrected chi connectivity index (χ1v) is 17.1. The Balaban J connectivity index is 0.000000196. The fourth-order valence-corrected chi connectivity index (χ4v) is 5.87. The Morgan fingerprint density at radius 2 is 1.40 bits per heavy atom. The number of fused-ring (bicyclic) bond motifs is 3. The van der Waals surface area contributed by atoms with Gasteiger partial charge in [-0.15, -0.1) is 5.56 Å². The maximum absolute atomic E-state index is 3.57. The van der Waals surface area contributed by atoms with Gasteiger partial charge in [0, 0.05) is 0 Å². The monoisotopic (exact) mass is 634 g/mol. The van der Waals surface area contributed by atoms with Crippen LogP contribution >= 0.6 is 0 Å². The molecule has 0 aliphatic heterocycles. The molecule has 0 aromatic heterocycles. The molecule has 1 heteroatoms. The van der Waals surface area contributed by atoms with Crippen LogP contribution in [0.4, 0.5) is 0 Å². The van der Waals surface area contributed by atoms with Crippen LogP contribution in [-0.4, -0.2) is 3.71 Å². The van der Waals surface area contributed by atoms with Crippen LogP contribution in [0.15, 0.2) is 77.9 Å². The third-order valence-electron chi connectivity index (χ3n) is 8.15. The summed E-state index contributed by atoms with van der Waals surface area (Å²) in [6.07, 6.45) is 9.31. The summed E-state index contributed by atoms with van der Waals surface area (Å²) in [6.45, 7) is 25.0. The summed E-state index contributed by atoms with van der Waals surface area (Å²) in [5.74, 6) is 0.573. The van der Waals surface area contributed by atoms with Gasteiger partial charge in [0.1, 0.15) is 0 Å². The van der Waals surface area contributed by atoms with Gasteiger partial charge in [-0.05, 0) is 17.4 Å². The van der Waals surface area contributed by atoms with Crippen LogP contribution in [0.3, 0.4) is 0 Å². The van der Waals surface area contributed by atoms with Crippen molar-refractivity contribution in [3.05, 3.63) is 118 Å². The van der Waals surface area contributed by atoms with E-state index in [9.17, 15) is 0 Å². The van der Waals surface area contributed by atoms with Gasteiger partial charge in [-0.3, -0.25) is 6.08 Å². The van der Waals surface area contributed by atoms with Crippen molar-refractivity contribution in [2.24, 2.45) is 11.3 Å². The molecule has 0 heterocycles. The van der Waals surface area contributed by atoms with Crippen molar-refractivity contribution in [3.63, 3.8) is 0 Å². The molecule has 5 rings (SSSR count). The van der Waals surface area contributed by atoms with Gasteiger partial charge in [0.25, 0.3) is 0 Å². The molecule has 0 nitrogen and oxygen atoms in total. The molecular formula is C41H52Zr. The van der Waals surface area contributed by atoms with Gasteiger partial charge >= 0.3 is 63.8 Å². The zero-order chi connectivity index (χ0) is 31.3. The van der Waals surface area contributed by atoms with Crippen LogP contribution in [0, 0.1) is 23.5 Å². The van der Waals surface area contributed by atoms with E-state index in [1.165, 1.54) is 80.7 Å². The molecule has 0 saturated heterocycles. The Kier molecular flexibility index (Phi) is 11.6. The van der Waals surface area contributed by atoms with Gasteiger partial charge in [-0.25, -0.2) is 5.57 Å². The molecular weight excluding hydrogens is 584 g/mol. The van der Waals surface area contributed by atoms with E-state index in [1.54, 1.807) is 0 Å². The molecule has 220 valence electrons. The van der Waals surface area contributed by atoms with Crippen LogP contribution in [0.2, 0.25) is 0 Å². The third-order valence-corrected chi connectivity index (χ3v) is 8.97. The number of hydrogen-bond donors (Lipinski definition) is 0. The summed E-state index contributed by atoms with van der Waals surface area (Å²) >= 11 is 1.46. The predicted octanol–water partition coefficient (Wildman–Crippen LogP) is 11.2. The fraction of sp³-hybridized carbons (Fsp3) is 0.439. The molecule has 42 heavy (non-hydrogen) atoms. The van der Waals surface area contributed by atoms with Crippen molar-refractivity contribution >= 4 is 3.71 Å². The maximum atomic E-state index is 3.57. The molecule has 0 amide bonds. The van der Waals surface area contributed by atoms with Crippen LogP contribution in [0.25, 0.3) is 11.1 Å². The molecule has 0 radical (unpaired) electrons. The van der Waals surface area contributed by atoms with Gasteiger partial charge in [0.2, 0.25) is 0 Å². The Labute approximate surface area is 273 Å². The molecule has 3 aromatic rings. The molecule has 0 fully saturated rings. The van der Waals surface area contributed by atoms with Gasteiger partial charge in [-0.1, -0.05) is 135 Å². The van der Waals surface area contributed by atoms with Crippen LogP contribution in [0.5, 0.6) is 0 Å². The van der Waals surface area contributed by atoms with E-state index >= 15 is 0 Å². The molecule has 0 N–H and O–H groups in total. The molecule has 0 saturated carbocycles. The molecule has 0 spiro atoms. The van der Waals surface area contributed by atoms with Crippen LogP contribution < -0.4 is 0 Å². The minimum absolute atomic E-state index is 0.177. The van der Waals surface area contributed by atoms with E-state index in [0.717, 1.165) is 12.8 Å². The van der Waals surface area contributed by atoms with Crippen molar-refractivity contribution in [1.29, 1.82) is 0 Å². The first-order chi connectivity index (χ1) is 19.6. The van der Waals surface area contributed by atoms with Gasteiger partial charge < -0.3 is 0 Å². The van der Waals surface area contributed by atoms with Crippen molar-refractivity contribution in [2.75, 3.05) is 0 Å². The number of benzene rings is 3. The van der Waals surface area contributed by atoms with E-state index in [0.29, 0.717) is 11.3 Å². The standard InChI is InChI=1S/C21H25.C13H21.C7H6.Zr/c1-20(2,3)16-9-7-14-11-15-8-10-17(21(4,5)6)13-19(15)18(14)12-16;1-6-10-8-11(7-2)12(9-10)13(3,4)5;1-7-5-3-2-4-6-7;/h7,9-10,12-13H,11H2,1-6H3;9-10H,6-7H2,1-5H3;1-6H;/q2*-1;;+2. The van der Waals surface area contributed by atoms with Crippen molar-refractivity contribution < 1.29 is 24.2 Å². The summed E-state index contributed by atoms with van der Waals surface area (Å²) in [5.41, 5.74) is 13.3. The first-order valence-electron chi connectivity index (χ1n) is 15.7. The molecule has 2 aliphatic rings. The first kappa shape index (κ1) is 34.4. The van der Waals surface area contributed by atoms with E-state index in [-0.39, 0.29) is 10.8 Å². The van der Waals surface area contributed by atoms with Crippen LogP contribution in [-0.2, 0) is 41.5 Å². The molecule has 1 unspecified atom stereocenters. The Morgan fingerprint density at radius 3 is 1.88 bits per heavy atom. The summed E-state index contributed by atoms with van der Waals surface area (Å²) in [7, 11) is 0. The summed E-state index contributed by atoms with van der Waals surface area (Å²) < 4.78 is 2.17. The predicted molar refractivity (Wildman–Crippen MR) is 181 cm³/mol. The second kappa shape index (κ2) is 14.1. The number of allylic oxidation sites excluding steroid dienone is 4. The van der Waals surface area contributed by atoms with Crippen molar-refractivity contribution in [1.82, 2.24) is 0 Å². The SMILES string of the molecule is CC(C)(C)c1c[c-]c2c(c1)-c1cc(C(C)(C)C)ccc1C2.CCC1=[C-]C(CC)C=C1C(C)(C)C.[Zr+2]=[CH]c1ccccc1. The molecule has 0 bridgehead atoms. The van der Waals surface area contributed by atoms with E-state index in [4.69, 9.17) is 0 Å². The molecule has 3 aromatic carbocycles. The second-order valence-electron chi connectivity index (χ2n) is 14.7. The van der Waals surface area contributed by atoms with E-state index in [1.807, 2.05) is 6.07 Å². The Hall–Kier alpha value is -2.11. The zero-order valence-electron chi connectivity index (χ0n) is 28.1. The number of hydrogen-bond acceptors (Lipinski definition) is 0. The minimum atomic E-state index is 0.177. The summed E-state index contributed by atoms with van der Waals surface area (Å²) in [4.78, 5) is 0. The quantitative estimate of drug-likeness (QED) is 0.197. The molecule has 1 atom stereocenters. The average molecular weight is 636 g/mol. The van der Waals surface area contributed by atoms with Gasteiger partial charge in [0.05, 0.1) is 0 Å². The van der Waals surface area contributed by atoms with E-state index in [2.05, 4.69) is 153 Å². The second-order valence-corrected chi connectivity index (χ2v) is 15.4. The van der Waals surface area contributed by atoms with Crippen LogP contribution in [0.1, 0.15) is 117 Å². The van der Waals surface area contributed by atoms with Gasteiger partial charge in [-0.2, -0.15) is 41.0 Å². The topological polar surface area (TPSA) is 0 Å². The summed E-state index contributed by atoms with van der Waals surface area (Å²) in [5, 5.41) is 0. The normalized spacial score (nSPS) is 15.8. The summed E-state index contributed by atoms with van der Waals surface area (Å²) in [6, 6.07) is 25.4.